The van der Waals surface area contributed by atoms with Crippen LogP contribution in [0.25, 0.3) is 54.6 Å². The van der Waals surface area contributed by atoms with Crippen molar-refractivity contribution in [2.45, 2.75) is 0 Å². The number of benzene rings is 5. The Morgan fingerprint density at radius 2 is 1.25 bits per heavy atom. The van der Waals surface area contributed by atoms with E-state index in [0.717, 1.165) is 38.1 Å². The second-order valence-electron chi connectivity index (χ2n) is 7.08. The molecule has 0 fully saturated rings. The summed E-state index contributed by atoms with van der Waals surface area (Å²) in [5.74, 6) is 0. The minimum atomic E-state index is 0.736. The number of para-hydroxylation sites is 1. The van der Waals surface area contributed by atoms with Gasteiger partial charge in [0.1, 0.15) is 11.2 Å². The number of fused-ring (bicyclic) bond motifs is 6. The zero-order valence-electron chi connectivity index (χ0n) is 14.9. The maximum atomic E-state index is 6.80. The second-order valence-corrected chi connectivity index (χ2v) is 7.49. The number of rotatable bonds is 1. The van der Waals surface area contributed by atoms with Crippen molar-refractivity contribution in [1.82, 2.24) is 0 Å². The third kappa shape index (κ3) is 2.14. The normalized spacial score (nSPS) is 11.8. The molecule has 1 aromatic heterocycles. The molecule has 0 atom stereocenters. The van der Waals surface area contributed by atoms with Gasteiger partial charge in [0, 0.05) is 21.4 Å². The van der Waals surface area contributed by atoms with Gasteiger partial charge in [0.25, 0.3) is 0 Å². The molecule has 6 rings (SSSR count). The highest BCUT2D eigenvalue weighted by Crippen LogP contribution is 2.44. The van der Waals surface area contributed by atoms with Gasteiger partial charge in [-0.05, 0) is 51.4 Å². The first-order valence-corrected chi connectivity index (χ1v) is 9.70. The summed E-state index contributed by atoms with van der Waals surface area (Å²) in [5, 5.41) is 7.78. The van der Waals surface area contributed by atoms with E-state index >= 15 is 0 Å². The Balaban J connectivity index is 1.86. The van der Waals surface area contributed by atoms with E-state index in [1.54, 1.807) is 0 Å². The monoisotopic (exact) mass is 378 g/mol. The summed E-state index contributed by atoms with van der Waals surface area (Å²) >= 11 is 6.80. The highest BCUT2D eigenvalue weighted by atomic mass is 35.5. The van der Waals surface area contributed by atoms with Crippen molar-refractivity contribution in [3.63, 3.8) is 0 Å². The summed E-state index contributed by atoms with van der Waals surface area (Å²) in [5.41, 5.74) is 3.91. The van der Waals surface area contributed by atoms with Gasteiger partial charge in [-0.15, -0.1) is 0 Å². The third-order valence-corrected chi connectivity index (χ3v) is 5.84. The Bertz CT molecular complexity index is 1520. The SMILES string of the molecule is Clc1ccc2oc3ccccc3c2c1-c1cc2ccccc2c2ccccc12. The minimum absolute atomic E-state index is 0.736. The minimum Gasteiger partial charge on any atom is -0.456 e. The lowest BCUT2D eigenvalue weighted by atomic mass is 9.91. The molecule has 5 aromatic carbocycles. The Kier molecular flexibility index (Phi) is 3.29. The van der Waals surface area contributed by atoms with Gasteiger partial charge in [0.15, 0.2) is 0 Å². The molecule has 6 aromatic rings. The van der Waals surface area contributed by atoms with Crippen LogP contribution in [0.2, 0.25) is 5.02 Å². The van der Waals surface area contributed by atoms with E-state index in [4.69, 9.17) is 16.0 Å². The van der Waals surface area contributed by atoms with E-state index in [1.807, 2.05) is 30.3 Å². The first kappa shape index (κ1) is 15.7. The number of halogens is 1. The van der Waals surface area contributed by atoms with Crippen LogP contribution in [-0.2, 0) is 0 Å². The predicted molar refractivity (Wildman–Crippen MR) is 119 cm³/mol. The van der Waals surface area contributed by atoms with E-state index in [-0.39, 0.29) is 0 Å². The molecule has 0 saturated heterocycles. The van der Waals surface area contributed by atoms with Crippen LogP contribution in [-0.4, -0.2) is 0 Å². The van der Waals surface area contributed by atoms with Gasteiger partial charge in [-0.3, -0.25) is 0 Å². The second kappa shape index (κ2) is 5.85. The van der Waals surface area contributed by atoms with Gasteiger partial charge in [-0.25, -0.2) is 0 Å². The van der Waals surface area contributed by atoms with Crippen molar-refractivity contribution >= 4 is 55.1 Å². The highest BCUT2D eigenvalue weighted by Gasteiger charge is 2.18. The smallest absolute Gasteiger partial charge is 0.136 e. The molecule has 0 amide bonds. The quantitative estimate of drug-likeness (QED) is 0.263. The lowest BCUT2D eigenvalue weighted by Gasteiger charge is -2.13. The lowest BCUT2D eigenvalue weighted by Crippen LogP contribution is -1.87. The summed E-state index contributed by atoms with van der Waals surface area (Å²) in [6.07, 6.45) is 0. The van der Waals surface area contributed by atoms with Crippen LogP contribution in [0.5, 0.6) is 0 Å². The van der Waals surface area contributed by atoms with Gasteiger partial charge in [0.2, 0.25) is 0 Å². The summed E-state index contributed by atoms with van der Waals surface area (Å²) in [6, 6.07) is 31.3. The topological polar surface area (TPSA) is 13.1 Å². The van der Waals surface area contributed by atoms with E-state index in [9.17, 15) is 0 Å². The molecule has 0 saturated carbocycles. The molecular weight excluding hydrogens is 364 g/mol. The molecule has 0 spiro atoms. The van der Waals surface area contributed by atoms with Crippen LogP contribution >= 0.6 is 11.6 Å². The van der Waals surface area contributed by atoms with Crippen molar-refractivity contribution < 1.29 is 4.42 Å². The zero-order valence-corrected chi connectivity index (χ0v) is 15.7. The first-order chi connectivity index (χ1) is 13.8. The molecule has 0 unspecified atom stereocenters. The maximum absolute atomic E-state index is 6.80. The van der Waals surface area contributed by atoms with Crippen molar-refractivity contribution in [2.75, 3.05) is 0 Å². The number of hydrogen-bond acceptors (Lipinski definition) is 1. The molecule has 0 aliphatic carbocycles. The van der Waals surface area contributed by atoms with Gasteiger partial charge in [0.05, 0.1) is 0 Å². The van der Waals surface area contributed by atoms with Crippen LogP contribution in [0.15, 0.2) is 95.4 Å². The average Bonchev–Trinajstić information content (AvgIpc) is 3.12. The van der Waals surface area contributed by atoms with Gasteiger partial charge < -0.3 is 4.42 Å². The third-order valence-electron chi connectivity index (χ3n) is 5.53. The van der Waals surface area contributed by atoms with Crippen molar-refractivity contribution in [3.05, 3.63) is 96.0 Å². The lowest BCUT2D eigenvalue weighted by molar-refractivity contribution is 0.669. The van der Waals surface area contributed by atoms with Gasteiger partial charge in [-0.2, -0.15) is 0 Å². The predicted octanol–water partition coefficient (Wildman–Crippen LogP) is 8.21. The van der Waals surface area contributed by atoms with E-state index in [2.05, 4.69) is 60.7 Å². The fourth-order valence-corrected chi connectivity index (χ4v) is 4.57. The van der Waals surface area contributed by atoms with Crippen LogP contribution in [0.4, 0.5) is 0 Å². The standard InChI is InChI=1S/C26H15ClO/c27-22-13-14-24-26(20-11-5-6-12-23(20)28-24)25(22)21-15-16-7-1-2-8-17(16)18-9-3-4-10-19(18)21/h1-15H. The van der Waals surface area contributed by atoms with Gasteiger partial charge >= 0.3 is 0 Å². The summed E-state index contributed by atoms with van der Waals surface area (Å²) < 4.78 is 6.11. The summed E-state index contributed by atoms with van der Waals surface area (Å²) in [6.45, 7) is 0. The Morgan fingerprint density at radius 1 is 0.571 bits per heavy atom. The molecular formula is C26H15ClO. The number of hydrogen-bond donors (Lipinski definition) is 0. The molecule has 2 heteroatoms. The van der Waals surface area contributed by atoms with Gasteiger partial charge in [-0.1, -0.05) is 78.3 Å². The molecule has 1 nitrogen and oxygen atoms in total. The Hall–Kier alpha value is -3.29. The van der Waals surface area contributed by atoms with Crippen LogP contribution < -0.4 is 0 Å². The molecule has 28 heavy (non-hydrogen) atoms. The highest BCUT2D eigenvalue weighted by molar-refractivity contribution is 6.37. The van der Waals surface area contributed by atoms with Crippen molar-refractivity contribution in [2.24, 2.45) is 0 Å². The molecule has 1 heterocycles. The number of furan rings is 1. The largest absolute Gasteiger partial charge is 0.456 e. The summed E-state index contributed by atoms with van der Waals surface area (Å²) in [7, 11) is 0. The molecule has 0 aliphatic heterocycles. The summed E-state index contributed by atoms with van der Waals surface area (Å²) in [4.78, 5) is 0. The molecule has 0 aliphatic rings. The average molecular weight is 379 g/mol. The molecule has 0 N–H and O–H groups in total. The Morgan fingerprint density at radius 3 is 2.11 bits per heavy atom. The van der Waals surface area contributed by atoms with Crippen LogP contribution in [0.1, 0.15) is 0 Å². The molecule has 132 valence electrons. The first-order valence-electron chi connectivity index (χ1n) is 9.32. The molecule has 0 bridgehead atoms. The van der Waals surface area contributed by atoms with E-state index in [1.165, 1.54) is 21.5 Å². The van der Waals surface area contributed by atoms with Crippen LogP contribution in [0.3, 0.4) is 0 Å². The van der Waals surface area contributed by atoms with Crippen molar-refractivity contribution in [1.29, 1.82) is 0 Å². The fourth-order valence-electron chi connectivity index (χ4n) is 4.32. The van der Waals surface area contributed by atoms with E-state index < -0.39 is 0 Å². The molecule has 0 radical (unpaired) electrons. The maximum Gasteiger partial charge on any atom is 0.136 e. The van der Waals surface area contributed by atoms with E-state index in [0.29, 0.717) is 0 Å². The zero-order chi connectivity index (χ0) is 18.7. The fraction of sp³-hybridized carbons (Fsp3) is 0. The van der Waals surface area contributed by atoms with Crippen molar-refractivity contribution in [3.8, 4) is 11.1 Å². The van der Waals surface area contributed by atoms with Crippen LogP contribution in [0, 0.1) is 0 Å². The Labute approximate surface area is 166 Å².